The number of nitrogens with zero attached hydrogens (tertiary/aromatic N) is 3. The second-order valence-electron chi connectivity index (χ2n) is 7.94. The highest BCUT2D eigenvalue weighted by Crippen LogP contribution is 2.38. The topological polar surface area (TPSA) is 80.7 Å². The van der Waals surface area contributed by atoms with Gasteiger partial charge in [-0.3, -0.25) is 9.78 Å². The molecule has 1 aliphatic heterocycles. The Kier molecular flexibility index (Phi) is 7.76. The quantitative estimate of drug-likeness (QED) is 0.431. The first-order valence-corrected chi connectivity index (χ1v) is 11.6. The molecule has 1 fully saturated rings. The summed E-state index contributed by atoms with van der Waals surface area (Å²) in [5, 5.41) is 6.98. The lowest BCUT2D eigenvalue weighted by atomic mass is 10.0. The van der Waals surface area contributed by atoms with Crippen LogP contribution in [0.2, 0.25) is 0 Å². The molecule has 8 nitrogen and oxygen atoms in total. The number of carbonyl (C=O) groups is 1. The van der Waals surface area contributed by atoms with Crippen LogP contribution < -0.4 is 15.4 Å². The number of thiocarbonyl (C=S) groups is 1. The summed E-state index contributed by atoms with van der Waals surface area (Å²) in [6.45, 7) is 1.78. The van der Waals surface area contributed by atoms with Gasteiger partial charge in [-0.05, 0) is 48.6 Å². The number of rotatable bonds is 10. The highest BCUT2D eigenvalue weighted by Gasteiger charge is 2.41. The molecule has 3 heterocycles. The summed E-state index contributed by atoms with van der Waals surface area (Å²) in [5.41, 5.74) is 2.63. The van der Waals surface area contributed by atoms with Crippen LogP contribution in [0.25, 0.3) is 0 Å². The Labute approximate surface area is 204 Å². The van der Waals surface area contributed by atoms with Gasteiger partial charge in [0.1, 0.15) is 5.75 Å². The summed E-state index contributed by atoms with van der Waals surface area (Å²) in [4.78, 5) is 19.5. The van der Waals surface area contributed by atoms with Crippen LogP contribution in [0.15, 0.2) is 67.0 Å². The van der Waals surface area contributed by atoms with E-state index < -0.39 is 0 Å². The molecule has 1 amide bonds. The highest BCUT2D eigenvalue weighted by molar-refractivity contribution is 7.80. The predicted octanol–water partition coefficient (Wildman–Crippen LogP) is 3.54. The summed E-state index contributed by atoms with van der Waals surface area (Å²) in [6.07, 6.45) is 4.09. The van der Waals surface area contributed by atoms with Crippen molar-refractivity contribution in [1.29, 1.82) is 0 Å². The monoisotopic (exact) mass is 479 g/mol. The Balaban J connectivity index is 1.55. The molecule has 34 heavy (non-hydrogen) atoms. The lowest BCUT2D eigenvalue weighted by molar-refractivity contribution is -0.116. The van der Waals surface area contributed by atoms with Gasteiger partial charge in [-0.2, -0.15) is 0 Å². The zero-order valence-electron chi connectivity index (χ0n) is 19.3. The van der Waals surface area contributed by atoms with E-state index in [0.717, 1.165) is 17.9 Å². The Hall–Kier alpha value is -3.43. The van der Waals surface area contributed by atoms with Crippen LogP contribution in [0, 0.1) is 0 Å². The van der Waals surface area contributed by atoms with Crippen molar-refractivity contribution in [1.82, 2.24) is 19.8 Å². The third kappa shape index (κ3) is 5.21. The van der Waals surface area contributed by atoms with Crippen LogP contribution in [-0.2, 0) is 16.1 Å². The first kappa shape index (κ1) is 23.7. The van der Waals surface area contributed by atoms with Crippen molar-refractivity contribution in [2.45, 2.75) is 25.0 Å². The van der Waals surface area contributed by atoms with Gasteiger partial charge in [0.05, 0.1) is 37.2 Å². The predicted molar refractivity (Wildman–Crippen MR) is 135 cm³/mol. The molecule has 0 saturated carbocycles. The van der Waals surface area contributed by atoms with Crippen LogP contribution in [0.4, 0.5) is 5.69 Å². The zero-order valence-corrected chi connectivity index (χ0v) is 20.1. The van der Waals surface area contributed by atoms with Crippen molar-refractivity contribution in [3.8, 4) is 5.75 Å². The second kappa shape index (κ2) is 11.1. The Bertz CT molecular complexity index is 1120. The maximum atomic E-state index is 12.8. The third-order valence-electron chi connectivity index (χ3n) is 5.86. The fourth-order valence-electron chi connectivity index (χ4n) is 4.24. The molecule has 4 rings (SSSR count). The molecule has 2 atom stereocenters. The SMILES string of the molecule is COCCn1cccc1C1C(c2ccccn2)NC(=S)N1CCC(=O)Nc1ccccc1OC. The molecule has 0 bridgehead atoms. The lowest BCUT2D eigenvalue weighted by Gasteiger charge is -2.28. The van der Waals surface area contributed by atoms with E-state index in [0.29, 0.717) is 29.7 Å². The van der Waals surface area contributed by atoms with Gasteiger partial charge < -0.3 is 29.6 Å². The van der Waals surface area contributed by atoms with Crippen molar-refractivity contribution in [2.75, 3.05) is 32.7 Å². The molecular formula is C25H29N5O3S. The number of hydrogen-bond donors (Lipinski definition) is 2. The molecule has 1 saturated heterocycles. The number of anilines is 1. The fourth-order valence-corrected chi connectivity index (χ4v) is 4.57. The molecule has 3 aromatic rings. The fraction of sp³-hybridized carbons (Fsp3) is 0.320. The average Bonchev–Trinajstić information content (AvgIpc) is 3.45. The molecule has 0 radical (unpaired) electrons. The van der Waals surface area contributed by atoms with E-state index in [2.05, 4.69) is 31.2 Å². The number of aromatic nitrogens is 2. The van der Waals surface area contributed by atoms with Gasteiger partial charge in [-0.25, -0.2) is 0 Å². The number of pyridine rings is 1. The average molecular weight is 480 g/mol. The number of amides is 1. The summed E-state index contributed by atoms with van der Waals surface area (Å²) >= 11 is 5.72. The van der Waals surface area contributed by atoms with E-state index in [1.165, 1.54) is 0 Å². The number of ether oxygens (including phenoxy) is 2. The van der Waals surface area contributed by atoms with Crippen molar-refractivity contribution in [3.05, 3.63) is 78.4 Å². The van der Waals surface area contributed by atoms with E-state index in [4.69, 9.17) is 21.7 Å². The maximum absolute atomic E-state index is 12.8. The first-order chi connectivity index (χ1) is 16.6. The largest absolute Gasteiger partial charge is 0.495 e. The molecule has 2 aromatic heterocycles. The number of carbonyl (C=O) groups excluding carboxylic acids is 1. The van der Waals surface area contributed by atoms with Crippen molar-refractivity contribution in [2.24, 2.45) is 0 Å². The van der Waals surface area contributed by atoms with Crippen molar-refractivity contribution < 1.29 is 14.3 Å². The van der Waals surface area contributed by atoms with Crippen LogP contribution >= 0.6 is 12.2 Å². The molecule has 0 spiro atoms. The lowest BCUT2D eigenvalue weighted by Crippen LogP contribution is -2.33. The number of nitrogens with one attached hydrogen (secondary N) is 2. The van der Waals surface area contributed by atoms with Gasteiger partial charge >= 0.3 is 0 Å². The van der Waals surface area contributed by atoms with Gasteiger partial charge in [0.2, 0.25) is 5.91 Å². The van der Waals surface area contributed by atoms with Gasteiger partial charge in [-0.15, -0.1) is 0 Å². The summed E-state index contributed by atoms with van der Waals surface area (Å²) < 4.78 is 12.8. The minimum Gasteiger partial charge on any atom is -0.495 e. The van der Waals surface area contributed by atoms with E-state index in [1.807, 2.05) is 54.7 Å². The number of benzene rings is 1. The smallest absolute Gasteiger partial charge is 0.226 e. The highest BCUT2D eigenvalue weighted by atomic mass is 32.1. The van der Waals surface area contributed by atoms with Crippen LogP contribution in [0.5, 0.6) is 5.75 Å². The molecule has 0 aliphatic carbocycles. The molecule has 2 N–H and O–H groups in total. The molecule has 178 valence electrons. The molecule has 1 aromatic carbocycles. The second-order valence-corrected chi connectivity index (χ2v) is 8.32. The standard InChI is InChI=1S/C25H29N5O3S/c1-32-17-16-29-14-7-10-20(29)24-23(19-9-5-6-13-26-19)28-25(34)30(24)15-12-22(31)27-18-8-3-4-11-21(18)33-2/h3-11,13-14,23-24H,12,15-17H2,1-2H3,(H,27,31)(H,28,34). The summed E-state index contributed by atoms with van der Waals surface area (Å²) in [6, 6.07) is 17.1. The number of hydrogen-bond acceptors (Lipinski definition) is 5. The van der Waals surface area contributed by atoms with Crippen LogP contribution in [0.3, 0.4) is 0 Å². The van der Waals surface area contributed by atoms with Crippen LogP contribution in [0.1, 0.15) is 29.9 Å². The molecule has 1 aliphatic rings. The number of methoxy groups -OCH3 is 2. The van der Waals surface area contributed by atoms with E-state index in [-0.39, 0.29) is 24.4 Å². The normalized spacial score (nSPS) is 17.5. The van der Waals surface area contributed by atoms with E-state index in [1.54, 1.807) is 20.4 Å². The first-order valence-electron chi connectivity index (χ1n) is 11.2. The minimum absolute atomic E-state index is 0.109. The Morgan fingerprint density at radius 2 is 1.94 bits per heavy atom. The van der Waals surface area contributed by atoms with E-state index in [9.17, 15) is 4.79 Å². The van der Waals surface area contributed by atoms with Gasteiger partial charge in [0, 0.05) is 44.7 Å². The summed E-state index contributed by atoms with van der Waals surface area (Å²) in [7, 11) is 3.28. The van der Waals surface area contributed by atoms with E-state index >= 15 is 0 Å². The van der Waals surface area contributed by atoms with Crippen molar-refractivity contribution >= 4 is 28.9 Å². The Morgan fingerprint density at radius 3 is 2.71 bits per heavy atom. The minimum atomic E-state index is -0.137. The summed E-state index contributed by atoms with van der Waals surface area (Å²) in [5.74, 6) is 0.514. The molecule has 2 unspecified atom stereocenters. The van der Waals surface area contributed by atoms with Gasteiger partial charge in [0.15, 0.2) is 5.11 Å². The third-order valence-corrected chi connectivity index (χ3v) is 6.21. The zero-order chi connectivity index (χ0) is 23.9. The van der Waals surface area contributed by atoms with Gasteiger partial charge in [-0.1, -0.05) is 18.2 Å². The maximum Gasteiger partial charge on any atom is 0.226 e. The van der Waals surface area contributed by atoms with Gasteiger partial charge in [0.25, 0.3) is 0 Å². The van der Waals surface area contributed by atoms with Crippen molar-refractivity contribution in [3.63, 3.8) is 0 Å². The molecule has 9 heteroatoms. The Morgan fingerprint density at radius 1 is 1.12 bits per heavy atom. The number of para-hydroxylation sites is 2. The molecular weight excluding hydrogens is 450 g/mol. The van der Waals surface area contributed by atoms with Crippen LogP contribution in [-0.4, -0.2) is 52.8 Å².